The molecule has 1 unspecified atom stereocenters. The first kappa shape index (κ1) is 10.7. The van der Waals surface area contributed by atoms with Crippen molar-refractivity contribution in [2.45, 2.75) is 13.0 Å². The van der Waals surface area contributed by atoms with Gasteiger partial charge in [0.15, 0.2) is 0 Å². The summed E-state index contributed by atoms with van der Waals surface area (Å²) in [7, 11) is 0. The average Bonchev–Trinajstić information content (AvgIpc) is 1.97. The highest BCUT2D eigenvalue weighted by molar-refractivity contribution is 5.79. The first-order valence-electron chi connectivity index (χ1n) is 3.49. The van der Waals surface area contributed by atoms with E-state index in [2.05, 4.69) is 15.8 Å². The van der Waals surface area contributed by atoms with Gasteiger partial charge in [-0.05, 0) is 6.92 Å². The number of amides is 2. The lowest BCUT2D eigenvalue weighted by molar-refractivity contribution is -0.119. The fraction of sp³-hybridized carbons (Fsp3) is 0.667. The zero-order valence-electron chi connectivity index (χ0n) is 6.87. The van der Waals surface area contributed by atoms with Crippen LogP contribution >= 0.6 is 0 Å². The Hall–Kier alpha value is -1.30. The zero-order valence-corrected chi connectivity index (χ0v) is 6.87. The molecule has 0 fully saturated rings. The Morgan fingerprint density at radius 3 is 2.50 bits per heavy atom. The molecular formula is C6H13N3O3. The molecule has 0 spiro atoms. The van der Waals surface area contributed by atoms with Crippen LogP contribution in [0.3, 0.4) is 0 Å². The molecule has 5 N–H and O–H groups in total. The van der Waals surface area contributed by atoms with Crippen LogP contribution in [-0.2, 0) is 9.53 Å². The second kappa shape index (κ2) is 5.36. The van der Waals surface area contributed by atoms with Crippen molar-refractivity contribution in [1.82, 2.24) is 5.32 Å². The van der Waals surface area contributed by atoms with Crippen LogP contribution in [0.5, 0.6) is 0 Å². The van der Waals surface area contributed by atoms with Gasteiger partial charge in [-0.2, -0.15) is 0 Å². The molecule has 6 heteroatoms. The largest absolute Gasteiger partial charge is 0.448 e. The Balaban J connectivity index is 3.31. The fourth-order valence-electron chi connectivity index (χ4n) is 0.528. The summed E-state index contributed by atoms with van der Waals surface area (Å²) in [5.41, 5.74) is 9.63. The summed E-state index contributed by atoms with van der Waals surface area (Å²) in [4.78, 5) is 20.5. The van der Waals surface area contributed by atoms with Crippen molar-refractivity contribution in [2.24, 2.45) is 11.5 Å². The molecule has 0 saturated heterocycles. The normalized spacial score (nSPS) is 12.1. The molecule has 1 atom stereocenters. The van der Waals surface area contributed by atoms with Crippen molar-refractivity contribution in [3.63, 3.8) is 0 Å². The van der Waals surface area contributed by atoms with Gasteiger partial charge in [-0.15, -0.1) is 0 Å². The molecule has 0 aromatic heterocycles. The summed E-state index contributed by atoms with van der Waals surface area (Å²) in [6.45, 7) is 2.10. The predicted octanol–water partition coefficient (Wildman–Crippen LogP) is -1.45. The lowest BCUT2D eigenvalue weighted by atomic mass is 10.3. The topological polar surface area (TPSA) is 107 Å². The number of hydrogen-bond acceptors (Lipinski definition) is 4. The highest BCUT2D eigenvalue weighted by Crippen LogP contribution is 1.78. The van der Waals surface area contributed by atoms with Crippen LogP contribution in [0.25, 0.3) is 0 Å². The highest BCUT2D eigenvalue weighted by Gasteiger charge is 2.06. The van der Waals surface area contributed by atoms with Gasteiger partial charge in [0, 0.05) is 6.54 Å². The predicted molar refractivity (Wildman–Crippen MR) is 42.2 cm³/mol. The van der Waals surface area contributed by atoms with Crippen LogP contribution in [0.2, 0.25) is 0 Å². The van der Waals surface area contributed by atoms with Gasteiger partial charge in [-0.25, -0.2) is 4.79 Å². The van der Waals surface area contributed by atoms with Gasteiger partial charge in [-0.1, -0.05) is 0 Å². The van der Waals surface area contributed by atoms with Crippen LogP contribution in [0, 0.1) is 0 Å². The van der Waals surface area contributed by atoms with Crippen LogP contribution in [-0.4, -0.2) is 31.2 Å². The van der Waals surface area contributed by atoms with E-state index in [1.165, 1.54) is 0 Å². The number of ether oxygens (including phenoxy) is 1. The first-order chi connectivity index (χ1) is 5.54. The number of carbonyl (C=O) groups excluding carboxylic acids is 2. The van der Waals surface area contributed by atoms with Crippen LogP contribution in [0.15, 0.2) is 0 Å². The molecule has 12 heavy (non-hydrogen) atoms. The van der Waals surface area contributed by atoms with Gasteiger partial charge in [0.25, 0.3) is 0 Å². The minimum atomic E-state index is -0.830. The van der Waals surface area contributed by atoms with E-state index in [0.29, 0.717) is 6.54 Å². The van der Waals surface area contributed by atoms with Crippen LogP contribution in [0.1, 0.15) is 6.92 Å². The molecule has 0 aromatic carbocycles. The molecule has 0 rings (SSSR count). The Morgan fingerprint density at radius 1 is 1.50 bits per heavy atom. The number of primary amides is 2. The van der Waals surface area contributed by atoms with E-state index in [9.17, 15) is 9.59 Å². The van der Waals surface area contributed by atoms with E-state index in [4.69, 9.17) is 5.73 Å². The second-order valence-electron chi connectivity index (χ2n) is 2.25. The number of nitrogens with two attached hydrogens (primary N) is 2. The standard InChI is InChI=1S/C6H13N3O3/c1-4(5(7)10)9-2-3-12-6(8)11/h4,9H,2-3H2,1H3,(H2,7,10)(H2,8,11). The van der Waals surface area contributed by atoms with Crippen molar-refractivity contribution >= 4 is 12.0 Å². The zero-order chi connectivity index (χ0) is 9.56. The Labute approximate surface area is 70.2 Å². The van der Waals surface area contributed by atoms with E-state index in [1.807, 2.05) is 0 Å². The third kappa shape index (κ3) is 5.48. The Kier molecular flexibility index (Phi) is 4.78. The third-order valence-electron chi connectivity index (χ3n) is 1.22. The summed E-state index contributed by atoms with van der Waals surface area (Å²) in [5.74, 6) is -0.450. The SMILES string of the molecule is CC(NCCOC(N)=O)C(N)=O. The van der Waals surface area contributed by atoms with Gasteiger partial charge in [-0.3, -0.25) is 4.79 Å². The lowest BCUT2D eigenvalue weighted by Crippen LogP contribution is -2.40. The molecular weight excluding hydrogens is 162 g/mol. The smallest absolute Gasteiger partial charge is 0.404 e. The van der Waals surface area contributed by atoms with E-state index in [-0.39, 0.29) is 6.61 Å². The average molecular weight is 175 g/mol. The molecule has 6 nitrogen and oxygen atoms in total. The fourth-order valence-corrected chi connectivity index (χ4v) is 0.528. The molecule has 0 aliphatic rings. The van der Waals surface area contributed by atoms with Crippen molar-refractivity contribution < 1.29 is 14.3 Å². The molecule has 0 radical (unpaired) electrons. The van der Waals surface area contributed by atoms with Crippen molar-refractivity contribution in [3.05, 3.63) is 0 Å². The molecule has 0 aliphatic heterocycles. The Bertz CT molecular complexity index is 171. The third-order valence-corrected chi connectivity index (χ3v) is 1.22. The second-order valence-corrected chi connectivity index (χ2v) is 2.25. The number of hydrogen-bond donors (Lipinski definition) is 3. The van der Waals surface area contributed by atoms with Gasteiger partial charge >= 0.3 is 6.09 Å². The Morgan fingerprint density at radius 2 is 2.08 bits per heavy atom. The number of nitrogens with one attached hydrogen (secondary N) is 1. The van der Waals surface area contributed by atoms with Crippen molar-refractivity contribution in [1.29, 1.82) is 0 Å². The maximum atomic E-state index is 10.5. The lowest BCUT2D eigenvalue weighted by Gasteiger charge is -2.08. The molecule has 0 heterocycles. The summed E-state index contributed by atoms with van der Waals surface area (Å²) < 4.78 is 4.40. The van der Waals surface area contributed by atoms with E-state index < -0.39 is 18.0 Å². The molecule has 0 saturated carbocycles. The highest BCUT2D eigenvalue weighted by atomic mass is 16.5. The maximum Gasteiger partial charge on any atom is 0.404 e. The minimum Gasteiger partial charge on any atom is -0.448 e. The van der Waals surface area contributed by atoms with E-state index in [0.717, 1.165) is 0 Å². The number of rotatable bonds is 5. The first-order valence-corrected chi connectivity index (χ1v) is 3.49. The maximum absolute atomic E-state index is 10.5. The summed E-state index contributed by atoms with van der Waals surface area (Å²) >= 11 is 0. The summed E-state index contributed by atoms with van der Waals surface area (Å²) in [6, 6.07) is -0.429. The monoisotopic (exact) mass is 175 g/mol. The van der Waals surface area contributed by atoms with Crippen LogP contribution < -0.4 is 16.8 Å². The van der Waals surface area contributed by atoms with Gasteiger partial charge in [0.2, 0.25) is 5.91 Å². The molecule has 70 valence electrons. The molecule has 0 aromatic rings. The number of carbonyl (C=O) groups is 2. The van der Waals surface area contributed by atoms with Gasteiger partial charge < -0.3 is 21.5 Å². The van der Waals surface area contributed by atoms with E-state index >= 15 is 0 Å². The molecule has 2 amide bonds. The van der Waals surface area contributed by atoms with Gasteiger partial charge in [0.05, 0.1) is 6.04 Å². The van der Waals surface area contributed by atoms with Gasteiger partial charge in [0.1, 0.15) is 6.61 Å². The quantitative estimate of drug-likeness (QED) is 0.444. The van der Waals surface area contributed by atoms with Crippen LogP contribution in [0.4, 0.5) is 4.79 Å². The molecule has 0 aliphatic carbocycles. The van der Waals surface area contributed by atoms with E-state index in [1.54, 1.807) is 6.92 Å². The molecule has 0 bridgehead atoms. The van der Waals surface area contributed by atoms with Crippen molar-refractivity contribution in [2.75, 3.05) is 13.2 Å². The summed E-state index contributed by atoms with van der Waals surface area (Å²) in [6.07, 6.45) is -0.830. The minimum absolute atomic E-state index is 0.132. The van der Waals surface area contributed by atoms with Crippen molar-refractivity contribution in [3.8, 4) is 0 Å². The summed E-state index contributed by atoms with van der Waals surface area (Å²) in [5, 5.41) is 2.73.